The van der Waals surface area contributed by atoms with Gasteiger partial charge in [-0.1, -0.05) is 35.3 Å². The zero-order valence-corrected chi connectivity index (χ0v) is 13.9. The van der Waals surface area contributed by atoms with E-state index in [-0.39, 0.29) is 18.8 Å². The van der Waals surface area contributed by atoms with Crippen LogP contribution in [-0.4, -0.2) is 23.8 Å². The molecule has 24 heavy (non-hydrogen) atoms. The molecule has 126 valence electrons. The fourth-order valence-corrected chi connectivity index (χ4v) is 2.24. The summed E-state index contributed by atoms with van der Waals surface area (Å²) in [7, 11) is 0. The van der Waals surface area contributed by atoms with E-state index < -0.39 is 12.0 Å². The van der Waals surface area contributed by atoms with Crippen molar-refractivity contribution >= 4 is 35.2 Å². The van der Waals surface area contributed by atoms with Crippen LogP contribution in [0.5, 0.6) is 5.75 Å². The maximum absolute atomic E-state index is 11.7. The number of halogens is 2. The van der Waals surface area contributed by atoms with E-state index in [0.717, 1.165) is 5.56 Å². The Kier molecular flexibility index (Phi) is 6.28. The lowest BCUT2D eigenvalue weighted by atomic mass is 10.1. The molecule has 0 aromatic heterocycles. The van der Waals surface area contributed by atoms with Gasteiger partial charge in [-0.2, -0.15) is 0 Å². The van der Waals surface area contributed by atoms with Gasteiger partial charge in [0.2, 0.25) is 0 Å². The number of benzene rings is 2. The number of amides is 2. The number of carboxylic acids is 1. The van der Waals surface area contributed by atoms with Crippen molar-refractivity contribution in [3.8, 4) is 5.75 Å². The lowest BCUT2D eigenvalue weighted by molar-refractivity contribution is 0.0697. The summed E-state index contributed by atoms with van der Waals surface area (Å²) in [4.78, 5) is 22.4. The monoisotopic (exact) mass is 368 g/mol. The number of carbonyl (C=O) groups excluding carboxylic acids is 1. The van der Waals surface area contributed by atoms with Crippen LogP contribution in [0.3, 0.4) is 0 Å². The smallest absolute Gasteiger partial charge is 0.335 e. The quantitative estimate of drug-likeness (QED) is 0.680. The van der Waals surface area contributed by atoms with E-state index in [4.69, 9.17) is 33.0 Å². The zero-order chi connectivity index (χ0) is 17.5. The van der Waals surface area contributed by atoms with Crippen molar-refractivity contribution in [3.63, 3.8) is 0 Å². The Labute approximate surface area is 148 Å². The summed E-state index contributed by atoms with van der Waals surface area (Å²) in [6, 6.07) is 10.6. The Balaban J connectivity index is 1.74. The SMILES string of the molecule is O=C(NCOc1ccc(Cl)cc1Cl)NCc1ccc(C(=O)O)cc1. The molecular weight excluding hydrogens is 355 g/mol. The Morgan fingerprint density at radius 1 is 1.04 bits per heavy atom. The van der Waals surface area contributed by atoms with Gasteiger partial charge in [0.15, 0.2) is 6.73 Å². The van der Waals surface area contributed by atoms with Crippen molar-refractivity contribution in [2.75, 3.05) is 6.73 Å². The van der Waals surface area contributed by atoms with Gasteiger partial charge in [0.05, 0.1) is 10.6 Å². The van der Waals surface area contributed by atoms with E-state index in [2.05, 4.69) is 10.6 Å². The first-order valence-corrected chi connectivity index (χ1v) is 7.63. The molecule has 0 aliphatic heterocycles. The normalized spacial score (nSPS) is 10.1. The molecule has 0 saturated heterocycles. The number of ether oxygens (including phenoxy) is 1. The lowest BCUT2D eigenvalue weighted by Crippen LogP contribution is -2.37. The number of carbonyl (C=O) groups is 2. The molecule has 0 fully saturated rings. The van der Waals surface area contributed by atoms with Crippen LogP contribution in [0.1, 0.15) is 15.9 Å². The summed E-state index contributed by atoms with van der Waals surface area (Å²) in [5.74, 6) is -0.587. The lowest BCUT2D eigenvalue weighted by Gasteiger charge is -2.10. The molecule has 0 radical (unpaired) electrons. The Bertz CT molecular complexity index is 735. The highest BCUT2D eigenvalue weighted by Gasteiger charge is 2.05. The van der Waals surface area contributed by atoms with Crippen molar-refractivity contribution in [3.05, 3.63) is 63.6 Å². The summed E-state index contributed by atoms with van der Waals surface area (Å²) in [5, 5.41) is 14.8. The Morgan fingerprint density at radius 3 is 2.38 bits per heavy atom. The maximum atomic E-state index is 11.7. The van der Waals surface area contributed by atoms with Crippen LogP contribution < -0.4 is 15.4 Å². The van der Waals surface area contributed by atoms with Crippen molar-refractivity contribution in [2.45, 2.75) is 6.54 Å². The molecular formula is C16H14Cl2N2O4. The van der Waals surface area contributed by atoms with E-state index in [0.29, 0.717) is 15.8 Å². The third kappa shape index (κ3) is 5.33. The molecule has 8 heteroatoms. The predicted molar refractivity (Wildman–Crippen MR) is 90.7 cm³/mol. The van der Waals surface area contributed by atoms with Gasteiger partial charge in [0.25, 0.3) is 0 Å². The molecule has 0 saturated carbocycles. The maximum Gasteiger partial charge on any atom is 0.335 e. The van der Waals surface area contributed by atoms with Crippen LogP contribution in [-0.2, 0) is 6.54 Å². The van der Waals surface area contributed by atoms with Crippen molar-refractivity contribution in [1.82, 2.24) is 10.6 Å². The second-order valence-electron chi connectivity index (χ2n) is 4.72. The van der Waals surface area contributed by atoms with Crippen molar-refractivity contribution in [1.29, 1.82) is 0 Å². The summed E-state index contributed by atoms with van der Waals surface area (Å²) in [5.41, 5.74) is 0.966. The number of hydrogen-bond acceptors (Lipinski definition) is 3. The first-order valence-electron chi connectivity index (χ1n) is 6.87. The summed E-state index contributed by atoms with van der Waals surface area (Å²) in [6.45, 7) is 0.193. The number of hydrogen-bond donors (Lipinski definition) is 3. The summed E-state index contributed by atoms with van der Waals surface area (Å²) < 4.78 is 5.33. The van der Waals surface area contributed by atoms with Crippen LogP contribution >= 0.6 is 23.2 Å². The second-order valence-corrected chi connectivity index (χ2v) is 5.57. The highest BCUT2D eigenvalue weighted by molar-refractivity contribution is 6.35. The molecule has 0 unspecified atom stereocenters. The Hall–Kier alpha value is -2.44. The first-order chi connectivity index (χ1) is 11.5. The summed E-state index contributed by atoms with van der Waals surface area (Å²) >= 11 is 11.7. The molecule has 0 aliphatic rings. The zero-order valence-electron chi connectivity index (χ0n) is 12.4. The minimum atomic E-state index is -0.995. The van der Waals surface area contributed by atoms with E-state index in [9.17, 15) is 9.59 Å². The van der Waals surface area contributed by atoms with E-state index in [1.807, 2.05) is 0 Å². The van der Waals surface area contributed by atoms with Gasteiger partial charge in [-0.15, -0.1) is 0 Å². The third-order valence-corrected chi connectivity index (χ3v) is 3.54. The molecule has 0 aliphatic carbocycles. The number of urea groups is 1. The fourth-order valence-electron chi connectivity index (χ4n) is 1.78. The van der Waals surface area contributed by atoms with Crippen LogP contribution in [0.25, 0.3) is 0 Å². The van der Waals surface area contributed by atoms with E-state index in [1.165, 1.54) is 12.1 Å². The third-order valence-electron chi connectivity index (χ3n) is 3.01. The number of rotatable bonds is 6. The molecule has 3 N–H and O–H groups in total. The molecule has 0 spiro atoms. The highest BCUT2D eigenvalue weighted by atomic mass is 35.5. The minimum Gasteiger partial charge on any atom is -0.478 e. The average molecular weight is 369 g/mol. The number of aromatic carboxylic acids is 1. The topological polar surface area (TPSA) is 87.7 Å². The summed E-state index contributed by atoms with van der Waals surface area (Å²) in [6.07, 6.45) is 0. The van der Waals surface area contributed by atoms with Crippen LogP contribution in [0.2, 0.25) is 10.0 Å². The predicted octanol–water partition coefficient (Wildman–Crippen LogP) is 3.53. The molecule has 0 heterocycles. The van der Waals surface area contributed by atoms with Gasteiger partial charge in [-0.05, 0) is 35.9 Å². The highest BCUT2D eigenvalue weighted by Crippen LogP contribution is 2.27. The van der Waals surface area contributed by atoms with Gasteiger partial charge in [0.1, 0.15) is 5.75 Å². The van der Waals surface area contributed by atoms with Crippen LogP contribution in [0.15, 0.2) is 42.5 Å². The largest absolute Gasteiger partial charge is 0.478 e. The van der Waals surface area contributed by atoms with Gasteiger partial charge in [0, 0.05) is 11.6 Å². The van der Waals surface area contributed by atoms with Gasteiger partial charge >= 0.3 is 12.0 Å². The van der Waals surface area contributed by atoms with Crippen LogP contribution in [0.4, 0.5) is 4.79 Å². The van der Waals surface area contributed by atoms with E-state index >= 15 is 0 Å². The molecule has 2 aromatic rings. The molecule has 2 rings (SSSR count). The molecule has 6 nitrogen and oxygen atoms in total. The Morgan fingerprint density at radius 2 is 1.75 bits per heavy atom. The van der Waals surface area contributed by atoms with Crippen LogP contribution in [0, 0.1) is 0 Å². The molecule has 0 bridgehead atoms. The van der Waals surface area contributed by atoms with Gasteiger partial charge in [-0.25, -0.2) is 9.59 Å². The fraction of sp³-hybridized carbons (Fsp3) is 0.125. The minimum absolute atomic E-state index is 0.0643. The number of carboxylic acid groups (broad SMARTS) is 1. The van der Waals surface area contributed by atoms with Gasteiger partial charge in [-0.3, -0.25) is 0 Å². The molecule has 2 amide bonds. The molecule has 2 aromatic carbocycles. The molecule has 0 atom stereocenters. The van der Waals surface area contributed by atoms with E-state index in [1.54, 1.807) is 30.3 Å². The average Bonchev–Trinajstić information content (AvgIpc) is 2.55. The number of nitrogens with one attached hydrogen (secondary N) is 2. The standard InChI is InChI=1S/C16H14Cl2N2O4/c17-12-5-6-14(13(18)7-12)24-9-20-16(23)19-8-10-1-3-11(4-2-10)15(21)22/h1-7H,8-9H2,(H,21,22)(H2,19,20,23). The first kappa shape index (κ1) is 17.9. The van der Waals surface area contributed by atoms with Crippen molar-refractivity contribution in [2.24, 2.45) is 0 Å². The van der Waals surface area contributed by atoms with Gasteiger partial charge < -0.3 is 20.5 Å². The van der Waals surface area contributed by atoms with Crippen molar-refractivity contribution < 1.29 is 19.4 Å². The second kappa shape index (κ2) is 8.42.